The van der Waals surface area contributed by atoms with Gasteiger partial charge in [0.2, 0.25) is 5.91 Å². The van der Waals surface area contributed by atoms with E-state index in [1.165, 1.54) is 0 Å². The summed E-state index contributed by atoms with van der Waals surface area (Å²) < 4.78 is 6.51. The van der Waals surface area contributed by atoms with Crippen molar-refractivity contribution in [2.24, 2.45) is 0 Å². The largest absolute Gasteiger partial charge is 0.493 e. The van der Waals surface area contributed by atoms with E-state index in [1.807, 2.05) is 24.3 Å². The zero-order chi connectivity index (χ0) is 15.3. The van der Waals surface area contributed by atoms with Crippen molar-refractivity contribution in [3.05, 3.63) is 28.7 Å². The Labute approximate surface area is 134 Å². The number of rotatable bonds is 6. The Morgan fingerprint density at radius 3 is 2.81 bits per heavy atom. The van der Waals surface area contributed by atoms with Gasteiger partial charge in [-0.2, -0.15) is 0 Å². The molecule has 0 atom stereocenters. The van der Waals surface area contributed by atoms with Gasteiger partial charge in [0.05, 0.1) is 18.6 Å². The quantitative estimate of drug-likeness (QED) is 0.853. The number of carbonyl (C=O) groups excluding carboxylic acids is 1. The van der Waals surface area contributed by atoms with E-state index >= 15 is 0 Å². The van der Waals surface area contributed by atoms with E-state index in [0.29, 0.717) is 19.6 Å². The van der Waals surface area contributed by atoms with Gasteiger partial charge in [0.25, 0.3) is 0 Å². The number of aliphatic hydroxyl groups is 1. The summed E-state index contributed by atoms with van der Waals surface area (Å²) in [7, 11) is 1.75. The van der Waals surface area contributed by atoms with Gasteiger partial charge in [0.15, 0.2) is 0 Å². The van der Waals surface area contributed by atoms with E-state index in [0.717, 1.165) is 35.9 Å². The summed E-state index contributed by atoms with van der Waals surface area (Å²) >= 11 is 3.38. The van der Waals surface area contributed by atoms with Gasteiger partial charge in [0, 0.05) is 18.1 Å². The maximum absolute atomic E-state index is 12.1. The van der Waals surface area contributed by atoms with E-state index in [9.17, 15) is 9.90 Å². The molecule has 0 aliphatic heterocycles. The van der Waals surface area contributed by atoms with Crippen LogP contribution in [0.2, 0.25) is 0 Å². The summed E-state index contributed by atoms with van der Waals surface area (Å²) in [5, 5.41) is 10.3. The minimum atomic E-state index is -0.685. The van der Waals surface area contributed by atoms with Gasteiger partial charge in [-0.05, 0) is 31.0 Å². The fourth-order valence-corrected chi connectivity index (χ4v) is 3.10. The minimum Gasteiger partial charge on any atom is -0.493 e. The molecular formula is C16H22BrNO3. The Hall–Kier alpha value is -1.07. The lowest BCUT2D eigenvalue weighted by molar-refractivity contribution is -0.133. The number of carbonyl (C=O) groups is 1. The maximum Gasteiger partial charge on any atom is 0.225 e. The standard InChI is InChI=1S/C16H22BrNO3/c1-18(12-16(20)8-2-3-9-16)15(19)7-10-21-14-6-4-5-13(17)11-14/h4-6,11,20H,2-3,7-10,12H2,1H3. The van der Waals surface area contributed by atoms with E-state index in [4.69, 9.17) is 4.74 Å². The second kappa shape index (κ2) is 7.27. The van der Waals surface area contributed by atoms with Crippen molar-refractivity contribution in [1.82, 2.24) is 4.90 Å². The summed E-state index contributed by atoms with van der Waals surface area (Å²) in [6.45, 7) is 0.765. The molecule has 1 amide bonds. The van der Waals surface area contributed by atoms with Crippen LogP contribution in [0.25, 0.3) is 0 Å². The van der Waals surface area contributed by atoms with Crippen molar-refractivity contribution in [3.8, 4) is 5.75 Å². The Bertz CT molecular complexity index is 486. The van der Waals surface area contributed by atoms with Gasteiger partial charge in [-0.15, -0.1) is 0 Å². The second-order valence-electron chi connectivity index (χ2n) is 5.74. The van der Waals surface area contributed by atoms with Crippen LogP contribution in [-0.4, -0.2) is 41.7 Å². The molecule has 0 unspecified atom stereocenters. The maximum atomic E-state index is 12.1. The fraction of sp³-hybridized carbons (Fsp3) is 0.562. The molecule has 1 aromatic rings. The fourth-order valence-electron chi connectivity index (χ4n) is 2.72. The molecule has 2 rings (SSSR count). The van der Waals surface area contributed by atoms with Crippen molar-refractivity contribution >= 4 is 21.8 Å². The average Bonchev–Trinajstić information content (AvgIpc) is 2.85. The number of halogens is 1. The van der Waals surface area contributed by atoms with Crippen LogP contribution < -0.4 is 4.74 Å². The molecule has 0 aromatic heterocycles. The Morgan fingerprint density at radius 2 is 2.14 bits per heavy atom. The van der Waals surface area contributed by atoms with Gasteiger partial charge in [-0.25, -0.2) is 0 Å². The van der Waals surface area contributed by atoms with Crippen molar-refractivity contribution < 1.29 is 14.6 Å². The van der Waals surface area contributed by atoms with Crippen LogP contribution in [0.15, 0.2) is 28.7 Å². The van der Waals surface area contributed by atoms with Crippen molar-refractivity contribution in [2.45, 2.75) is 37.7 Å². The van der Waals surface area contributed by atoms with Gasteiger partial charge < -0.3 is 14.7 Å². The van der Waals surface area contributed by atoms with Crippen LogP contribution in [0.3, 0.4) is 0 Å². The molecule has 1 aliphatic rings. The average molecular weight is 356 g/mol. The zero-order valence-electron chi connectivity index (χ0n) is 12.3. The third-order valence-corrected chi connectivity index (χ3v) is 4.37. The number of hydrogen-bond donors (Lipinski definition) is 1. The highest BCUT2D eigenvalue weighted by Gasteiger charge is 2.33. The summed E-state index contributed by atoms with van der Waals surface area (Å²) in [5.41, 5.74) is -0.685. The summed E-state index contributed by atoms with van der Waals surface area (Å²) in [6.07, 6.45) is 3.99. The molecule has 116 valence electrons. The van der Waals surface area contributed by atoms with Crippen LogP contribution in [0.5, 0.6) is 5.75 Å². The SMILES string of the molecule is CN(CC1(O)CCCC1)C(=O)CCOc1cccc(Br)c1. The first kappa shape index (κ1) is 16.3. The summed E-state index contributed by atoms with van der Waals surface area (Å²) in [6, 6.07) is 7.55. The third kappa shape index (κ3) is 5.00. The highest BCUT2D eigenvalue weighted by Crippen LogP contribution is 2.30. The predicted molar refractivity (Wildman–Crippen MR) is 85.3 cm³/mol. The van der Waals surface area contributed by atoms with E-state index in [-0.39, 0.29) is 5.91 Å². The molecule has 5 heteroatoms. The molecule has 0 radical (unpaired) electrons. The molecule has 0 bridgehead atoms. The van der Waals surface area contributed by atoms with Gasteiger partial charge >= 0.3 is 0 Å². The van der Waals surface area contributed by atoms with Crippen LogP contribution in [-0.2, 0) is 4.79 Å². The number of likely N-dealkylation sites (N-methyl/N-ethyl adjacent to an activating group) is 1. The van der Waals surface area contributed by atoms with Crippen LogP contribution in [0.1, 0.15) is 32.1 Å². The summed E-state index contributed by atoms with van der Waals surface area (Å²) in [5.74, 6) is 0.750. The van der Waals surface area contributed by atoms with Gasteiger partial charge in [-0.1, -0.05) is 34.8 Å². The molecule has 0 spiro atoms. The lowest BCUT2D eigenvalue weighted by Gasteiger charge is -2.28. The monoisotopic (exact) mass is 355 g/mol. The molecular weight excluding hydrogens is 334 g/mol. The molecule has 1 aromatic carbocycles. The lowest BCUT2D eigenvalue weighted by atomic mass is 10.0. The van der Waals surface area contributed by atoms with Crippen molar-refractivity contribution in [3.63, 3.8) is 0 Å². The Balaban J connectivity index is 1.73. The highest BCUT2D eigenvalue weighted by atomic mass is 79.9. The first-order chi connectivity index (χ1) is 9.98. The lowest BCUT2D eigenvalue weighted by Crippen LogP contribution is -2.42. The van der Waals surface area contributed by atoms with Crippen molar-refractivity contribution in [2.75, 3.05) is 20.2 Å². The minimum absolute atomic E-state index is 0.00493. The van der Waals surface area contributed by atoms with Crippen molar-refractivity contribution in [1.29, 1.82) is 0 Å². The molecule has 1 fully saturated rings. The Kier molecular flexibility index (Phi) is 5.65. The molecule has 1 aliphatic carbocycles. The number of nitrogens with zero attached hydrogens (tertiary/aromatic N) is 1. The molecule has 4 nitrogen and oxygen atoms in total. The van der Waals surface area contributed by atoms with Crippen LogP contribution >= 0.6 is 15.9 Å². The number of hydrogen-bond acceptors (Lipinski definition) is 3. The smallest absolute Gasteiger partial charge is 0.225 e. The molecule has 0 saturated heterocycles. The normalized spacial score (nSPS) is 16.7. The number of benzene rings is 1. The second-order valence-corrected chi connectivity index (χ2v) is 6.65. The summed E-state index contributed by atoms with van der Waals surface area (Å²) in [4.78, 5) is 13.7. The van der Waals surface area contributed by atoms with E-state index in [2.05, 4.69) is 15.9 Å². The number of amides is 1. The van der Waals surface area contributed by atoms with Crippen LogP contribution in [0.4, 0.5) is 0 Å². The topological polar surface area (TPSA) is 49.8 Å². The first-order valence-corrected chi connectivity index (χ1v) is 8.13. The van der Waals surface area contributed by atoms with Gasteiger partial charge in [-0.3, -0.25) is 4.79 Å². The van der Waals surface area contributed by atoms with E-state index in [1.54, 1.807) is 11.9 Å². The molecule has 1 N–H and O–H groups in total. The zero-order valence-corrected chi connectivity index (χ0v) is 13.9. The predicted octanol–water partition coefficient (Wildman–Crippen LogP) is 2.98. The molecule has 1 saturated carbocycles. The highest BCUT2D eigenvalue weighted by molar-refractivity contribution is 9.10. The number of ether oxygens (including phenoxy) is 1. The molecule has 0 heterocycles. The van der Waals surface area contributed by atoms with Crippen LogP contribution in [0, 0.1) is 0 Å². The van der Waals surface area contributed by atoms with E-state index < -0.39 is 5.60 Å². The van der Waals surface area contributed by atoms with Gasteiger partial charge in [0.1, 0.15) is 5.75 Å². The Morgan fingerprint density at radius 1 is 1.43 bits per heavy atom. The molecule has 21 heavy (non-hydrogen) atoms. The first-order valence-electron chi connectivity index (χ1n) is 7.33. The third-order valence-electron chi connectivity index (χ3n) is 3.87.